The summed E-state index contributed by atoms with van der Waals surface area (Å²) in [4.78, 5) is 66.9. The van der Waals surface area contributed by atoms with Crippen LogP contribution in [0.15, 0.2) is 83.5 Å². The number of halogens is 5. The van der Waals surface area contributed by atoms with E-state index in [1.807, 2.05) is 11.4 Å². The zero-order valence-corrected chi connectivity index (χ0v) is 39.4. The van der Waals surface area contributed by atoms with Gasteiger partial charge in [-0.25, -0.2) is 15.0 Å². The molecule has 0 spiro atoms. The van der Waals surface area contributed by atoms with Crippen LogP contribution in [0, 0.1) is 11.3 Å². The maximum absolute atomic E-state index is 12.2. The number of ketones is 2. The minimum absolute atomic E-state index is 0.0263. The van der Waals surface area contributed by atoms with Crippen molar-refractivity contribution in [3.8, 4) is 27.5 Å². The number of thiazole rings is 3. The summed E-state index contributed by atoms with van der Waals surface area (Å²) in [5.74, 6) is -0.394. The van der Waals surface area contributed by atoms with Gasteiger partial charge in [-0.2, -0.15) is 5.26 Å². The van der Waals surface area contributed by atoms with Gasteiger partial charge in [0.25, 0.3) is 0 Å². The number of aromatic amines is 2. The van der Waals surface area contributed by atoms with Crippen molar-refractivity contribution in [1.82, 2.24) is 24.9 Å². The highest BCUT2D eigenvalue weighted by Gasteiger charge is 2.20. The molecule has 0 atom stereocenters. The van der Waals surface area contributed by atoms with E-state index in [-0.39, 0.29) is 53.7 Å². The summed E-state index contributed by atoms with van der Waals surface area (Å²) in [6.45, 7) is 0.778. The number of Topliss-reactive ketones (excluding diaryl/α,β-unsaturated/α-hetero) is 2. The molecule has 8 rings (SSSR count). The fourth-order valence-electron chi connectivity index (χ4n) is 5.87. The molecule has 0 bridgehead atoms. The number of aliphatic hydroxyl groups excluding tert-OH is 3. The van der Waals surface area contributed by atoms with E-state index in [0.717, 1.165) is 0 Å². The van der Waals surface area contributed by atoms with E-state index in [1.54, 1.807) is 47.2 Å². The van der Waals surface area contributed by atoms with Gasteiger partial charge in [0.05, 0.1) is 57.3 Å². The van der Waals surface area contributed by atoms with E-state index < -0.39 is 0 Å². The van der Waals surface area contributed by atoms with Crippen molar-refractivity contribution in [2.24, 2.45) is 0 Å². The molecular weight excluding hydrogens is 1050 g/mol. The molecule has 62 heavy (non-hydrogen) atoms. The Balaban J connectivity index is 0.000000155. The number of H-pyrrole nitrogens is 2. The Kier molecular flexibility index (Phi) is 15.8. The van der Waals surface area contributed by atoms with Gasteiger partial charge in [-0.3, -0.25) is 19.2 Å². The molecule has 8 aromatic rings. The number of carbonyl (C=O) groups is 2. The highest BCUT2D eigenvalue weighted by Crippen LogP contribution is 2.31. The average molecular weight is 1080 g/mol. The second-order valence-electron chi connectivity index (χ2n) is 12.8. The number of hydrogen-bond donors (Lipinski definition) is 5. The summed E-state index contributed by atoms with van der Waals surface area (Å²) in [7, 11) is 0. The number of pyridine rings is 2. The van der Waals surface area contributed by atoms with E-state index >= 15 is 0 Å². The number of fused-ring (bicyclic) bond motifs is 2. The fraction of sp³-hybridized carbons (Fsp3) is 0.122. The molecule has 0 aliphatic carbocycles. The molecule has 0 unspecified atom stereocenters. The van der Waals surface area contributed by atoms with Crippen LogP contribution in [0.25, 0.3) is 43.2 Å². The zero-order chi connectivity index (χ0) is 44.8. The molecule has 0 aliphatic heterocycles. The lowest BCUT2D eigenvalue weighted by Crippen LogP contribution is -2.10. The lowest BCUT2D eigenvalue weighted by molar-refractivity contribution is 0.0991. The second kappa shape index (κ2) is 20.8. The van der Waals surface area contributed by atoms with Crippen LogP contribution < -0.4 is 10.9 Å². The fourth-order valence-corrected chi connectivity index (χ4v) is 9.83. The smallest absolute Gasteiger partial charge is 0.195 e. The first kappa shape index (κ1) is 47.0. The Morgan fingerprint density at radius 2 is 1.19 bits per heavy atom. The van der Waals surface area contributed by atoms with Gasteiger partial charge in [0, 0.05) is 51.0 Å². The molecule has 5 heterocycles. The van der Waals surface area contributed by atoms with Gasteiger partial charge in [0.1, 0.15) is 25.3 Å². The highest BCUT2D eigenvalue weighted by atomic mass is 79.9. The Morgan fingerprint density at radius 3 is 1.65 bits per heavy atom. The van der Waals surface area contributed by atoms with Gasteiger partial charge in [-0.05, 0) is 73.2 Å². The topological polar surface area (TPSA) is 223 Å². The summed E-state index contributed by atoms with van der Waals surface area (Å²) in [5.41, 5.74) is 4.48. The van der Waals surface area contributed by atoms with Crippen molar-refractivity contribution in [3.63, 3.8) is 0 Å². The van der Waals surface area contributed by atoms with Gasteiger partial charge in [0.15, 0.2) is 33.1 Å². The number of rotatable bonds is 9. The SMILES string of the molecule is CC(=O)c1ccc(CO)c(Cl)c1CC(=O)c1nc(Br)cs1.N#Cc1csc(-c2cc(=O)c3ccc(CO)c(Cl)c3[nH]2)n1.O=c1cc(-c2nc(Br)cs2)[nH]c2c(Cl)c(CO)ccc12. The van der Waals surface area contributed by atoms with E-state index in [1.165, 1.54) is 53.1 Å². The van der Waals surface area contributed by atoms with Crippen LogP contribution in [-0.4, -0.2) is 51.8 Å². The minimum atomic E-state index is -0.249. The van der Waals surface area contributed by atoms with Crippen LogP contribution in [0.2, 0.25) is 15.1 Å². The maximum atomic E-state index is 12.2. The van der Waals surface area contributed by atoms with Crippen molar-refractivity contribution >= 4 is 134 Å². The van der Waals surface area contributed by atoms with Crippen molar-refractivity contribution in [2.45, 2.75) is 33.2 Å². The summed E-state index contributed by atoms with van der Waals surface area (Å²) < 4.78 is 1.31. The molecule has 0 amide bonds. The molecule has 316 valence electrons. The average Bonchev–Trinajstić information content (AvgIpc) is 4.04. The van der Waals surface area contributed by atoms with Gasteiger partial charge in [-0.15, -0.1) is 34.0 Å². The molecule has 0 radical (unpaired) electrons. The number of carbonyl (C=O) groups excluding carboxylic acids is 2. The summed E-state index contributed by atoms with van der Waals surface area (Å²) in [6.07, 6.45) is -0.0263. The monoisotopic (exact) mass is 1070 g/mol. The molecule has 5 N–H and O–H groups in total. The molecule has 5 aromatic heterocycles. The van der Waals surface area contributed by atoms with Gasteiger partial charge in [-0.1, -0.05) is 59.1 Å². The Labute approximate surface area is 394 Å². The van der Waals surface area contributed by atoms with Gasteiger partial charge < -0.3 is 25.3 Å². The molecule has 21 heteroatoms. The Hall–Kier alpha value is -4.49. The first-order chi connectivity index (χ1) is 29.7. The van der Waals surface area contributed by atoms with Crippen molar-refractivity contribution < 1.29 is 24.9 Å². The van der Waals surface area contributed by atoms with E-state index in [2.05, 4.69) is 56.8 Å². The predicted molar refractivity (Wildman–Crippen MR) is 251 cm³/mol. The van der Waals surface area contributed by atoms with E-state index in [9.17, 15) is 34.5 Å². The van der Waals surface area contributed by atoms with Crippen molar-refractivity contribution in [2.75, 3.05) is 0 Å². The Morgan fingerprint density at radius 1 is 0.710 bits per heavy atom. The summed E-state index contributed by atoms with van der Waals surface area (Å²) in [5, 5.41) is 45.2. The largest absolute Gasteiger partial charge is 0.392 e. The second-order valence-corrected chi connectivity index (χ2v) is 18.1. The molecule has 0 aliphatic rings. The Bertz CT molecular complexity index is 3180. The summed E-state index contributed by atoms with van der Waals surface area (Å²) >= 11 is 29.0. The highest BCUT2D eigenvalue weighted by molar-refractivity contribution is 9.10. The third-order valence-corrected chi connectivity index (χ3v) is 14.3. The number of benzene rings is 3. The predicted octanol–water partition coefficient (Wildman–Crippen LogP) is 9.91. The molecular formula is C41H27Br2Cl3N6O7S3. The minimum Gasteiger partial charge on any atom is -0.392 e. The first-order valence-electron chi connectivity index (χ1n) is 17.6. The lowest BCUT2D eigenvalue weighted by atomic mass is 9.97. The molecule has 3 aromatic carbocycles. The number of aliphatic hydroxyl groups is 3. The quantitative estimate of drug-likeness (QED) is 0.0856. The number of hydrogen-bond acceptors (Lipinski definition) is 14. The van der Waals surface area contributed by atoms with Crippen molar-refractivity contribution in [3.05, 3.63) is 148 Å². The zero-order valence-electron chi connectivity index (χ0n) is 31.6. The van der Waals surface area contributed by atoms with E-state index in [0.29, 0.717) is 101 Å². The van der Waals surface area contributed by atoms with Gasteiger partial charge in [0.2, 0.25) is 0 Å². The van der Waals surface area contributed by atoms with Crippen LogP contribution in [0.4, 0.5) is 0 Å². The first-order valence-corrected chi connectivity index (χ1v) is 23.0. The van der Waals surface area contributed by atoms with Crippen LogP contribution in [-0.2, 0) is 26.2 Å². The molecule has 0 saturated heterocycles. The standard InChI is InChI=1S/C14H11BrClNO3S.C14H8ClN3O2S.C13H8BrClN2O2S/c1-7(19)9-3-2-8(5-18)13(16)10(9)4-11(20)14-17-12(15)6-21-14;15-12-7(5-19)1-2-9-11(20)3-10(18-13(9)12)14-17-8(4-16)6-21-14;14-10-5-20-13(17-10)8-3-9(19)7-2-1-6(4-18)11(15)12(7)16-8/h2-3,6,18H,4-5H2,1H3;1-3,6,19H,5H2,(H,18,20);1-3,5,18H,4H2,(H,16,19). The van der Waals surface area contributed by atoms with E-state index in [4.69, 9.17) is 40.1 Å². The number of nitriles is 1. The van der Waals surface area contributed by atoms with Crippen molar-refractivity contribution in [1.29, 1.82) is 5.26 Å². The number of nitrogens with one attached hydrogen (secondary N) is 2. The third kappa shape index (κ3) is 10.5. The molecule has 0 saturated carbocycles. The summed E-state index contributed by atoms with van der Waals surface area (Å²) in [6, 6.07) is 14.6. The molecule has 13 nitrogen and oxygen atoms in total. The number of nitrogens with zero attached hydrogens (tertiary/aromatic N) is 4. The maximum Gasteiger partial charge on any atom is 0.195 e. The van der Waals surface area contributed by atoms with Crippen LogP contribution >= 0.6 is 101 Å². The van der Waals surface area contributed by atoms with Crippen LogP contribution in [0.5, 0.6) is 0 Å². The van der Waals surface area contributed by atoms with Gasteiger partial charge >= 0.3 is 0 Å². The lowest BCUT2D eigenvalue weighted by Gasteiger charge is -2.11. The third-order valence-electron chi connectivity index (χ3n) is 8.87. The van der Waals surface area contributed by atoms with Crippen LogP contribution in [0.1, 0.15) is 55.0 Å². The normalized spacial score (nSPS) is 10.8. The molecule has 0 fully saturated rings. The number of aromatic nitrogens is 5. The van der Waals surface area contributed by atoms with Crippen LogP contribution in [0.3, 0.4) is 0 Å².